The van der Waals surface area contributed by atoms with Gasteiger partial charge in [-0.3, -0.25) is 0 Å². The Balaban J connectivity index is 2.34. The molecule has 27 heavy (non-hydrogen) atoms. The van der Waals surface area contributed by atoms with Crippen LogP contribution >= 0.6 is 0 Å². The molecule has 0 aliphatic heterocycles. The van der Waals surface area contributed by atoms with Crippen molar-refractivity contribution in [2.45, 2.75) is 71.5 Å². The van der Waals surface area contributed by atoms with Gasteiger partial charge in [0.2, 0.25) is 0 Å². The molecule has 0 radical (unpaired) electrons. The first-order valence-electron chi connectivity index (χ1n) is 10.0. The average Bonchev–Trinajstić information content (AvgIpc) is 2.53. The van der Waals surface area contributed by atoms with E-state index in [2.05, 4.69) is 104 Å². The Bertz CT molecular complexity index is 679. The Labute approximate surface area is 171 Å². The van der Waals surface area contributed by atoms with Crippen molar-refractivity contribution >= 4 is 14.8 Å². The van der Waals surface area contributed by atoms with Crippen LogP contribution in [0.5, 0.6) is 11.5 Å². The molecular weight excluding hydrogens is 347 g/mol. The summed E-state index contributed by atoms with van der Waals surface area (Å²) in [6, 6.07) is 16.8. The summed E-state index contributed by atoms with van der Waals surface area (Å²) in [7, 11) is 0. The van der Waals surface area contributed by atoms with Crippen molar-refractivity contribution < 1.29 is 7.58 Å². The fourth-order valence-corrected chi connectivity index (χ4v) is 5.15. The summed E-state index contributed by atoms with van der Waals surface area (Å²) in [5, 5.41) is 0.969. The molecule has 2 aromatic rings. The molecule has 146 valence electrons. The van der Waals surface area contributed by atoms with Gasteiger partial charge >= 0.3 is 14.8 Å². The molecule has 0 aliphatic carbocycles. The molecule has 0 aromatic heterocycles. The van der Waals surface area contributed by atoms with Crippen LogP contribution in [-0.2, 0) is 10.8 Å². The molecule has 2 nitrogen and oxygen atoms in total. The maximum absolute atomic E-state index is 6.57. The van der Waals surface area contributed by atoms with E-state index in [9.17, 15) is 0 Å². The summed E-state index contributed by atoms with van der Waals surface area (Å²) in [5.74, 6) is 2.47. The fourth-order valence-electron chi connectivity index (χ4n) is 3.17. The Hall–Kier alpha value is -1.43. The first-order chi connectivity index (χ1) is 12.5. The molecule has 2 aromatic carbocycles. The summed E-state index contributed by atoms with van der Waals surface area (Å²) >= 11 is -1.94. The lowest BCUT2D eigenvalue weighted by atomic mass is 9.86. The van der Waals surface area contributed by atoms with E-state index in [1.54, 1.807) is 0 Å². The van der Waals surface area contributed by atoms with E-state index in [-0.39, 0.29) is 10.8 Å². The minimum absolute atomic E-state index is 0.0384. The predicted octanol–water partition coefficient (Wildman–Crippen LogP) is 6.88. The van der Waals surface area contributed by atoms with Crippen LogP contribution < -0.4 is 7.58 Å². The maximum atomic E-state index is 6.57. The standard InChI is InChI=1S/2C10H14O.C4H9.Al/c2*1-10(2,3)8-6-4-5-7-9(8)11;1-4(2)3;/h2*4-7,11H,1-3H3;4H,1H2,2-3H3;/q;;;+2/p-2. The number of hydrogen-bond donors (Lipinski definition) is 0. The van der Waals surface area contributed by atoms with Crippen LogP contribution in [0, 0.1) is 5.92 Å². The average molecular weight is 383 g/mol. The van der Waals surface area contributed by atoms with Gasteiger partial charge in [0.05, 0.1) is 11.5 Å². The van der Waals surface area contributed by atoms with Gasteiger partial charge in [-0.25, -0.2) is 0 Å². The minimum Gasteiger partial charge on any atom is -0.612 e. The molecule has 0 amide bonds. The highest BCUT2D eigenvalue weighted by Crippen LogP contribution is 2.34. The van der Waals surface area contributed by atoms with Gasteiger partial charge in [-0.1, -0.05) is 97.7 Å². The minimum atomic E-state index is -1.94. The van der Waals surface area contributed by atoms with Crippen molar-refractivity contribution in [1.29, 1.82) is 0 Å². The molecule has 0 heterocycles. The van der Waals surface area contributed by atoms with Gasteiger partial charge in [0.1, 0.15) is 0 Å². The first kappa shape index (κ1) is 21.9. The highest BCUT2D eigenvalue weighted by molar-refractivity contribution is 6.46. The van der Waals surface area contributed by atoms with Gasteiger partial charge in [-0.2, -0.15) is 0 Å². The largest absolute Gasteiger partial charge is 0.857 e. The van der Waals surface area contributed by atoms with E-state index in [0.29, 0.717) is 5.92 Å². The second-order valence-corrected chi connectivity index (χ2v) is 11.6. The van der Waals surface area contributed by atoms with Crippen LogP contribution in [0.1, 0.15) is 66.5 Å². The third-order valence-corrected chi connectivity index (χ3v) is 6.93. The second-order valence-electron chi connectivity index (χ2n) is 9.79. The molecule has 0 spiro atoms. The molecule has 0 atom stereocenters. The van der Waals surface area contributed by atoms with Gasteiger partial charge in [-0.15, -0.1) is 0 Å². The normalized spacial score (nSPS) is 12.2. The summed E-state index contributed by atoms with van der Waals surface area (Å²) in [6.45, 7) is 17.8. The molecule has 2 rings (SSSR count). The zero-order valence-corrected chi connectivity index (χ0v) is 19.5. The zero-order chi connectivity index (χ0) is 20.2. The van der Waals surface area contributed by atoms with Crippen molar-refractivity contribution in [2.75, 3.05) is 0 Å². The lowest BCUT2D eigenvalue weighted by molar-refractivity contribution is 0.393. The highest BCUT2D eigenvalue weighted by atomic mass is 27.2. The van der Waals surface area contributed by atoms with Crippen molar-refractivity contribution in [3.8, 4) is 11.5 Å². The van der Waals surface area contributed by atoms with Crippen LogP contribution in [-0.4, -0.2) is 14.8 Å². The number of rotatable bonds is 6. The predicted molar refractivity (Wildman–Crippen MR) is 117 cm³/mol. The maximum Gasteiger partial charge on any atom is 0.857 e. The monoisotopic (exact) mass is 382 g/mol. The van der Waals surface area contributed by atoms with Crippen LogP contribution in [0.15, 0.2) is 48.5 Å². The number of benzene rings is 2. The lowest BCUT2D eigenvalue weighted by Gasteiger charge is -2.28. The Morgan fingerprint density at radius 3 is 1.41 bits per heavy atom. The van der Waals surface area contributed by atoms with Gasteiger partial charge in [0, 0.05) is 0 Å². The van der Waals surface area contributed by atoms with Crippen LogP contribution in [0.3, 0.4) is 0 Å². The van der Waals surface area contributed by atoms with E-state index >= 15 is 0 Å². The Morgan fingerprint density at radius 1 is 0.704 bits per heavy atom. The van der Waals surface area contributed by atoms with E-state index in [1.807, 2.05) is 0 Å². The van der Waals surface area contributed by atoms with Gasteiger partial charge < -0.3 is 7.58 Å². The lowest BCUT2D eigenvalue weighted by Crippen LogP contribution is -2.33. The van der Waals surface area contributed by atoms with Crippen molar-refractivity contribution in [3.05, 3.63) is 59.7 Å². The fraction of sp³-hybridized carbons (Fsp3) is 0.500. The SMILES string of the molecule is CC(C)[CH2][Al]([O]c1ccccc1C(C)(C)C)[O]c1ccccc1C(C)(C)C. The molecule has 0 fully saturated rings. The first-order valence-corrected chi connectivity index (χ1v) is 11.8. The van der Waals surface area contributed by atoms with Crippen LogP contribution in [0.25, 0.3) is 0 Å². The van der Waals surface area contributed by atoms with Crippen LogP contribution in [0.4, 0.5) is 0 Å². The van der Waals surface area contributed by atoms with Crippen molar-refractivity contribution in [1.82, 2.24) is 0 Å². The molecule has 3 heteroatoms. The van der Waals surface area contributed by atoms with E-state index in [0.717, 1.165) is 16.8 Å². The van der Waals surface area contributed by atoms with E-state index in [4.69, 9.17) is 7.58 Å². The van der Waals surface area contributed by atoms with Gasteiger partial charge in [-0.05, 0) is 39.4 Å². The van der Waals surface area contributed by atoms with Gasteiger partial charge in [0.25, 0.3) is 0 Å². The topological polar surface area (TPSA) is 18.5 Å². The Kier molecular flexibility index (Phi) is 7.06. The summed E-state index contributed by atoms with van der Waals surface area (Å²) in [5.41, 5.74) is 2.55. The van der Waals surface area contributed by atoms with Crippen molar-refractivity contribution in [2.24, 2.45) is 5.92 Å². The van der Waals surface area contributed by atoms with Gasteiger partial charge in [0.15, 0.2) is 0 Å². The summed E-state index contributed by atoms with van der Waals surface area (Å²) in [6.07, 6.45) is 0. The zero-order valence-electron chi connectivity index (χ0n) is 18.3. The smallest absolute Gasteiger partial charge is 0.612 e. The highest BCUT2D eigenvalue weighted by Gasteiger charge is 2.36. The van der Waals surface area contributed by atoms with Crippen molar-refractivity contribution in [3.63, 3.8) is 0 Å². The summed E-state index contributed by atoms with van der Waals surface area (Å²) in [4.78, 5) is 0. The second kappa shape index (κ2) is 8.72. The van der Waals surface area contributed by atoms with Crippen LogP contribution in [0.2, 0.25) is 5.28 Å². The Morgan fingerprint density at radius 2 is 1.07 bits per heavy atom. The molecular formula is C24H35AlO2. The molecule has 0 saturated heterocycles. The van der Waals surface area contributed by atoms with E-state index in [1.165, 1.54) is 11.1 Å². The quantitative estimate of drug-likeness (QED) is 0.507. The third kappa shape index (κ3) is 6.30. The number of para-hydroxylation sites is 2. The molecule has 0 N–H and O–H groups in total. The molecule has 0 saturated carbocycles. The number of hydrogen-bond acceptors (Lipinski definition) is 2. The third-order valence-electron chi connectivity index (χ3n) is 4.57. The van der Waals surface area contributed by atoms with E-state index < -0.39 is 14.8 Å². The molecule has 0 bridgehead atoms. The molecule has 0 aliphatic rings. The summed E-state index contributed by atoms with van der Waals surface area (Å²) < 4.78 is 13.1. The molecule has 0 unspecified atom stereocenters.